The number of piperidine rings is 2. The molecule has 1 aromatic carbocycles. The van der Waals surface area contributed by atoms with Gasteiger partial charge in [-0.2, -0.15) is 5.10 Å². The van der Waals surface area contributed by atoms with Crippen molar-refractivity contribution in [3.8, 4) is 11.4 Å². The lowest BCUT2D eigenvalue weighted by Gasteiger charge is -2.36. The quantitative estimate of drug-likeness (QED) is 0.280. The van der Waals surface area contributed by atoms with Crippen LogP contribution in [0.1, 0.15) is 91.6 Å². The smallest absolute Gasteiger partial charge is 0.255 e. The van der Waals surface area contributed by atoms with E-state index in [0.29, 0.717) is 30.4 Å². The first-order chi connectivity index (χ1) is 23.2. The summed E-state index contributed by atoms with van der Waals surface area (Å²) in [5.74, 6) is 0.588. The zero-order valence-electron chi connectivity index (χ0n) is 27.9. The molecule has 0 unspecified atom stereocenters. The van der Waals surface area contributed by atoms with E-state index in [1.807, 2.05) is 6.92 Å². The van der Waals surface area contributed by atoms with Crippen LogP contribution in [-0.2, 0) is 11.3 Å². The van der Waals surface area contributed by atoms with Crippen LogP contribution in [0.2, 0.25) is 0 Å². The van der Waals surface area contributed by atoms with Crippen LogP contribution in [0.5, 0.6) is 0 Å². The Bertz CT molecular complexity index is 1860. The number of hydrogen-bond acceptors (Lipinski definition) is 5. The van der Waals surface area contributed by atoms with Crippen LogP contribution in [0, 0.1) is 24.6 Å². The number of aliphatic hydroxyl groups excluding tert-OH is 1. The van der Waals surface area contributed by atoms with Crippen molar-refractivity contribution in [2.45, 2.75) is 95.7 Å². The maximum atomic E-state index is 15.8. The molecule has 2 saturated heterocycles. The van der Waals surface area contributed by atoms with Crippen molar-refractivity contribution in [2.24, 2.45) is 17.6 Å². The minimum absolute atomic E-state index is 0.0440. The third-order valence-corrected chi connectivity index (χ3v) is 11.5. The second-order valence-electron chi connectivity index (χ2n) is 15.0. The van der Waals surface area contributed by atoms with E-state index < -0.39 is 5.82 Å². The van der Waals surface area contributed by atoms with Crippen LogP contribution in [0.4, 0.5) is 4.39 Å². The molecule has 0 radical (unpaired) electrons. The predicted molar refractivity (Wildman–Crippen MR) is 183 cm³/mol. The molecule has 4 fully saturated rings. The van der Waals surface area contributed by atoms with Crippen molar-refractivity contribution in [1.82, 2.24) is 24.0 Å². The van der Waals surface area contributed by atoms with Gasteiger partial charge in [-0.3, -0.25) is 9.59 Å². The average Bonchev–Trinajstić information content (AvgIpc) is 3.76. The van der Waals surface area contributed by atoms with E-state index in [-0.39, 0.29) is 35.4 Å². The Hall–Kier alpha value is -3.76. The summed E-state index contributed by atoms with van der Waals surface area (Å²) in [6.45, 7) is 5.42. The number of benzene rings is 1. The number of carbonyl (C=O) groups is 2. The summed E-state index contributed by atoms with van der Waals surface area (Å²) in [5, 5.41) is 16.0. The number of rotatable bonds is 6. The number of fused-ring (bicyclic) bond motifs is 2. The minimum Gasteiger partial charge on any atom is -0.393 e. The molecule has 2 aliphatic heterocycles. The Morgan fingerprint density at radius 1 is 0.958 bits per heavy atom. The fraction of sp³-hybridized carbons (Fsp3) is 0.553. The van der Waals surface area contributed by atoms with Crippen LogP contribution in [-0.4, -0.2) is 79.2 Å². The van der Waals surface area contributed by atoms with Gasteiger partial charge >= 0.3 is 0 Å². The van der Waals surface area contributed by atoms with Crippen molar-refractivity contribution < 1.29 is 19.1 Å². The fourth-order valence-electron chi connectivity index (χ4n) is 8.63. The second kappa shape index (κ2) is 12.6. The number of carbonyl (C=O) groups excluding carboxylic acids is 2. The third-order valence-electron chi connectivity index (χ3n) is 11.5. The minimum atomic E-state index is -0.449. The van der Waals surface area contributed by atoms with E-state index in [0.717, 1.165) is 93.3 Å². The number of pyridine rings is 1. The SMILES string of the molecule is Cc1c(-c2cc3cccc(C4CCN(C(=O)C5CCC(O)CC5)CC4)c3n2CC2CC2)nn2cc(C(=O)N3CCC[C@@H](N)C3)cc(F)c12. The molecule has 2 amide bonds. The average molecular weight is 655 g/mol. The standard InChI is InChI=1S/C38H47FN6O3/c1-23-34(41-45-21-28(18-32(39)35(23)45)38(48)43-15-3-5-29(40)22-43)33-19-27-4-2-6-31(36(27)44(33)20-24-7-8-24)25-13-16-42(17-14-25)37(47)26-9-11-30(46)12-10-26/h2,4,6,18-19,21,24-26,29-30,46H,3,5,7-17,20,22,40H2,1H3/t26?,29-,30?/m1/s1. The molecule has 3 N–H and O–H groups in total. The summed E-state index contributed by atoms with van der Waals surface area (Å²) in [6, 6.07) is 10.0. The number of likely N-dealkylation sites (tertiary alicyclic amines) is 2. The van der Waals surface area contributed by atoms with Crippen LogP contribution >= 0.6 is 0 Å². The lowest BCUT2D eigenvalue weighted by atomic mass is 9.84. The first-order valence-corrected chi connectivity index (χ1v) is 18.1. The van der Waals surface area contributed by atoms with Crippen molar-refractivity contribution in [1.29, 1.82) is 0 Å². The van der Waals surface area contributed by atoms with Gasteiger partial charge in [0.1, 0.15) is 17.0 Å². The van der Waals surface area contributed by atoms with Gasteiger partial charge in [0.05, 0.1) is 22.9 Å². The summed E-state index contributed by atoms with van der Waals surface area (Å²) in [6.07, 6.45) is 10.4. The first-order valence-electron chi connectivity index (χ1n) is 18.1. The topological polar surface area (TPSA) is 109 Å². The van der Waals surface area contributed by atoms with Crippen molar-refractivity contribution in [2.75, 3.05) is 26.2 Å². The van der Waals surface area contributed by atoms with Gasteiger partial charge in [-0.15, -0.1) is 0 Å². The molecule has 0 spiro atoms. The number of hydrogen-bond donors (Lipinski definition) is 2. The van der Waals surface area contributed by atoms with E-state index in [2.05, 4.69) is 33.7 Å². The Kier molecular flexibility index (Phi) is 8.27. The van der Waals surface area contributed by atoms with Gasteiger partial charge in [-0.05, 0) is 101 Å². The molecule has 8 rings (SSSR count). The fourth-order valence-corrected chi connectivity index (χ4v) is 8.63. The molecule has 2 aliphatic carbocycles. The van der Waals surface area contributed by atoms with Gasteiger partial charge in [0, 0.05) is 61.8 Å². The molecule has 9 nitrogen and oxygen atoms in total. The molecular weight excluding hydrogens is 607 g/mol. The normalized spacial score (nSPS) is 24.1. The van der Waals surface area contributed by atoms with Gasteiger partial charge in [0.15, 0.2) is 0 Å². The number of nitrogens with two attached hydrogens (primary N) is 1. The number of amides is 2. The molecule has 4 aromatic rings. The highest BCUT2D eigenvalue weighted by molar-refractivity contribution is 5.95. The molecule has 4 aliphatic rings. The maximum Gasteiger partial charge on any atom is 0.255 e. The Morgan fingerprint density at radius 3 is 2.46 bits per heavy atom. The predicted octanol–water partition coefficient (Wildman–Crippen LogP) is 5.63. The van der Waals surface area contributed by atoms with Crippen LogP contribution < -0.4 is 5.73 Å². The highest BCUT2D eigenvalue weighted by Gasteiger charge is 2.33. The van der Waals surface area contributed by atoms with E-state index in [9.17, 15) is 14.7 Å². The highest BCUT2D eigenvalue weighted by atomic mass is 19.1. The Labute approximate surface area is 280 Å². The Balaban J connectivity index is 1.11. The number of para-hydroxylation sites is 1. The first kappa shape index (κ1) is 31.5. The summed E-state index contributed by atoms with van der Waals surface area (Å²) >= 11 is 0. The molecule has 48 heavy (non-hydrogen) atoms. The Morgan fingerprint density at radius 2 is 1.73 bits per heavy atom. The number of nitrogens with zero attached hydrogens (tertiary/aromatic N) is 5. The van der Waals surface area contributed by atoms with E-state index in [1.54, 1.807) is 15.6 Å². The molecule has 1 atom stereocenters. The number of halogens is 1. The lowest BCUT2D eigenvalue weighted by molar-refractivity contribution is -0.138. The van der Waals surface area contributed by atoms with Crippen molar-refractivity contribution in [3.05, 3.63) is 59.0 Å². The monoisotopic (exact) mass is 654 g/mol. The molecular formula is C38H47FN6O3. The molecule has 5 heterocycles. The zero-order chi connectivity index (χ0) is 33.1. The van der Waals surface area contributed by atoms with Crippen LogP contribution in [0.15, 0.2) is 36.5 Å². The molecule has 3 aromatic heterocycles. The number of aromatic nitrogens is 3. The maximum absolute atomic E-state index is 15.8. The van der Waals surface area contributed by atoms with E-state index in [1.165, 1.54) is 30.0 Å². The van der Waals surface area contributed by atoms with Crippen LogP contribution in [0.25, 0.3) is 27.8 Å². The molecule has 254 valence electrons. The van der Waals surface area contributed by atoms with Gasteiger partial charge in [-0.1, -0.05) is 18.2 Å². The molecule has 2 saturated carbocycles. The van der Waals surface area contributed by atoms with Gasteiger partial charge in [0.2, 0.25) is 5.91 Å². The lowest BCUT2D eigenvalue weighted by Crippen LogP contribution is -2.45. The van der Waals surface area contributed by atoms with Crippen LogP contribution in [0.3, 0.4) is 0 Å². The van der Waals surface area contributed by atoms with E-state index in [4.69, 9.17) is 10.8 Å². The summed E-state index contributed by atoms with van der Waals surface area (Å²) in [7, 11) is 0. The molecule has 0 bridgehead atoms. The van der Waals surface area contributed by atoms with E-state index >= 15 is 4.39 Å². The zero-order valence-corrected chi connectivity index (χ0v) is 27.9. The van der Waals surface area contributed by atoms with Gasteiger partial charge in [0.25, 0.3) is 5.91 Å². The summed E-state index contributed by atoms with van der Waals surface area (Å²) < 4.78 is 19.8. The number of aryl methyl sites for hydroxylation is 1. The largest absolute Gasteiger partial charge is 0.393 e. The van der Waals surface area contributed by atoms with Crippen molar-refractivity contribution in [3.63, 3.8) is 0 Å². The number of aliphatic hydroxyl groups is 1. The highest BCUT2D eigenvalue weighted by Crippen LogP contribution is 2.41. The summed E-state index contributed by atoms with van der Waals surface area (Å²) in [4.78, 5) is 30.5. The third kappa shape index (κ3) is 5.81. The molecule has 10 heteroatoms. The van der Waals surface area contributed by atoms with Gasteiger partial charge in [-0.25, -0.2) is 8.91 Å². The second-order valence-corrected chi connectivity index (χ2v) is 15.0. The van der Waals surface area contributed by atoms with Crippen molar-refractivity contribution >= 4 is 28.2 Å². The summed E-state index contributed by atoms with van der Waals surface area (Å²) in [5.41, 5.74) is 11.8. The van der Waals surface area contributed by atoms with Gasteiger partial charge < -0.3 is 25.2 Å².